The van der Waals surface area contributed by atoms with Gasteiger partial charge in [0.05, 0.1) is 22.5 Å². The molecule has 2 aromatic rings. The lowest BCUT2D eigenvalue weighted by Gasteiger charge is -2.21. The van der Waals surface area contributed by atoms with Gasteiger partial charge in [-0.2, -0.15) is 0 Å². The fraction of sp³-hybridized carbons (Fsp3) is 0.389. The Morgan fingerprint density at radius 2 is 1.80 bits per heavy atom. The van der Waals surface area contributed by atoms with Crippen LogP contribution in [0.4, 0.5) is 5.69 Å². The summed E-state index contributed by atoms with van der Waals surface area (Å²) >= 11 is 13.2. The van der Waals surface area contributed by atoms with Crippen LogP contribution in [0, 0.1) is 20.8 Å². The van der Waals surface area contributed by atoms with Gasteiger partial charge in [-0.25, -0.2) is 4.98 Å². The van der Waals surface area contributed by atoms with Gasteiger partial charge < -0.3 is 15.2 Å². The van der Waals surface area contributed by atoms with Crippen LogP contribution >= 0.6 is 43.5 Å². The quantitative estimate of drug-likeness (QED) is 0.507. The highest BCUT2D eigenvalue weighted by Gasteiger charge is 2.20. The number of aliphatic hydroxyl groups is 1. The van der Waals surface area contributed by atoms with Crippen molar-refractivity contribution in [3.05, 3.63) is 42.9 Å². The third-order valence-electron chi connectivity index (χ3n) is 3.90. The first-order chi connectivity index (χ1) is 11.8. The number of hydrogen-bond acceptors (Lipinski definition) is 4. The van der Waals surface area contributed by atoms with Gasteiger partial charge in [-0.3, -0.25) is 0 Å². The number of anilines is 1. The summed E-state index contributed by atoms with van der Waals surface area (Å²) in [5, 5.41) is 13.5. The molecule has 0 radical (unpaired) electrons. The van der Waals surface area contributed by atoms with Crippen LogP contribution in [0.1, 0.15) is 30.2 Å². The van der Waals surface area contributed by atoms with E-state index in [1.54, 1.807) is 0 Å². The first-order valence-corrected chi connectivity index (χ1v) is 9.92. The number of pyridine rings is 1. The molecule has 0 saturated heterocycles. The van der Waals surface area contributed by atoms with Gasteiger partial charge in [-0.05, 0) is 82.3 Å². The van der Waals surface area contributed by atoms with E-state index in [2.05, 4.69) is 42.2 Å². The Hall–Kier alpha value is -0.820. The first kappa shape index (κ1) is 20.5. The van der Waals surface area contributed by atoms with Crippen molar-refractivity contribution >= 4 is 49.1 Å². The number of aryl methyl sites for hydroxylation is 3. The summed E-state index contributed by atoms with van der Waals surface area (Å²) in [6.45, 7) is 7.86. The third kappa shape index (κ3) is 4.67. The highest BCUT2D eigenvalue weighted by atomic mass is 79.9. The SMILES string of the molecule is CCC(CO)Nc1c(Br)c(C)nc(Oc2c(C)cc(Cl)cc2C)c1Br. The molecule has 0 spiro atoms. The molecule has 1 heterocycles. The van der Waals surface area contributed by atoms with Gasteiger partial charge in [0.25, 0.3) is 0 Å². The molecule has 0 saturated carbocycles. The predicted molar refractivity (Wildman–Crippen MR) is 110 cm³/mol. The van der Waals surface area contributed by atoms with E-state index >= 15 is 0 Å². The van der Waals surface area contributed by atoms with Crippen LogP contribution in [-0.2, 0) is 0 Å². The minimum Gasteiger partial charge on any atom is -0.437 e. The van der Waals surface area contributed by atoms with Gasteiger partial charge in [-0.15, -0.1) is 0 Å². The number of benzene rings is 1. The molecule has 1 aromatic heterocycles. The van der Waals surface area contributed by atoms with E-state index in [0.717, 1.165) is 39.2 Å². The molecule has 0 aliphatic rings. The van der Waals surface area contributed by atoms with E-state index < -0.39 is 0 Å². The van der Waals surface area contributed by atoms with Gasteiger partial charge in [0, 0.05) is 11.1 Å². The van der Waals surface area contributed by atoms with E-state index in [0.29, 0.717) is 15.4 Å². The average Bonchev–Trinajstić information content (AvgIpc) is 2.55. The summed E-state index contributed by atoms with van der Waals surface area (Å²) < 4.78 is 7.65. The summed E-state index contributed by atoms with van der Waals surface area (Å²) in [6.07, 6.45) is 0.794. The van der Waals surface area contributed by atoms with Crippen LogP contribution in [0.25, 0.3) is 0 Å². The minimum absolute atomic E-state index is 0.0440. The lowest BCUT2D eigenvalue weighted by molar-refractivity contribution is 0.271. The molecule has 0 bridgehead atoms. The lowest BCUT2D eigenvalue weighted by Crippen LogP contribution is -2.23. The number of ether oxygens (including phenoxy) is 1. The maximum Gasteiger partial charge on any atom is 0.236 e. The predicted octanol–water partition coefficient (Wildman–Crippen LogP) is 6.16. The van der Waals surface area contributed by atoms with Crippen molar-refractivity contribution in [2.45, 2.75) is 40.2 Å². The summed E-state index contributed by atoms with van der Waals surface area (Å²) in [7, 11) is 0. The number of nitrogens with zero attached hydrogens (tertiary/aromatic N) is 1. The minimum atomic E-state index is -0.0544. The van der Waals surface area contributed by atoms with Crippen molar-refractivity contribution < 1.29 is 9.84 Å². The van der Waals surface area contributed by atoms with Gasteiger partial charge in [0.15, 0.2) is 0 Å². The number of hydrogen-bond donors (Lipinski definition) is 2. The Morgan fingerprint density at radius 3 is 2.32 bits per heavy atom. The van der Waals surface area contributed by atoms with Crippen LogP contribution in [0.3, 0.4) is 0 Å². The van der Waals surface area contributed by atoms with Crippen molar-refractivity contribution in [1.82, 2.24) is 4.98 Å². The zero-order chi connectivity index (χ0) is 18.7. The van der Waals surface area contributed by atoms with Crippen LogP contribution < -0.4 is 10.1 Å². The Balaban J connectivity index is 2.48. The molecule has 0 aliphatic heterocycles. The van der Waals surface area contributed by atoms with E-state index in [4.69, 9.17) is 16.3 Å². The molecule has 1 atom stereocenters. The van der Waals surface area contributed by atoms with Crippen LogP contribution in [0.15, 0.2) is 21.1 Å². The Bertz CT molecular complexity index is 757. The normalized spacial score (nSPS) is 12.2. The molecule has 0 amide bonds. The van der Waals surface area contributed by atoms with Gasteiger partial charge in [-0.1, -0.05) is 18.5 Å². The molecule has 136 valence electrons. The molecule has 7 heteroatoms. The maximum atomic E-state index is 9.49. The van der Waals surface area contributed by atoms with Gasteiger partial charge in [0.2, 0.25) is 5.88 Å². The fourth-order valence-electron chi connectivity index (χ4n) is 2.47. The fourth-order valence-corrected chi connectivity index (χ4v) is 3.94. The molecule has 0 aliphatic carbocycles. The first-order valence-electron chi connectivity index (χ1n) is 7.96. The summed E-state index contributed by atoms with van der Waals surface area (Å²) in [5.41, 5.74) is 3.48. The summed E-state index contributed by atoms with van der Waals surface area (Å²) in [5.74, 6) is 1.20. The van der Waals surface area contributed by atoms with Crippen molar-refractivity contribution in [2.75, 3.05) is 11.9 Å². The van der Waals surface area contributed by atoms with Gasteiger partial charge in [0.1, 0.15) is 10.2 Å². The molecule has 1 aromatic carbocycles. The van der Waals surface area contributed by atoms with E-state index in [1.807, 2.05) is 39.8 Å². The number of aliphatic hydroxyl groups excluding tert-OH is 1. The molecule has 0 fully saturated rings. The number of aromatic nitrogens is 1. The largest absolute Gasteiger partial charge is 0.437 e. The van der Waals surface area contributed by atoms with Crippen molar-refractivity contribution in [1.29, 1.82) is 0 Å². The molecule has 25 heavy (non-hydrogen) atoms. The molecule has 2 rings (SSSR count). The Labute approximate surface area is 170 Å². The van der Waals surface area contributed by atoms with Crippen molar-refractivity contribution in [3.63, 3.8) is 0 Å². The van der Waals surface area contributed by atoms with E-state index in [-0.39, 0.29) is 12.6 Å². The molecular formula is C18H21Br2ClN2O2. The second-order valence-electron chi connectivity index (χ2n) is 5.91. The maximum absolute atomic E-state index is 9.49. The average molecular weight is 493 g/mol. The Morgan fingerprint density at radius 1 is 1.20 bits per heavy atom. The van der Waals surface area contributed by atoms with Crippen LogP contribution in [0.2, 0.25) is 5.02 Å². The van der Waals surface area contributed by atoms with Crippen molar-refractivity contribution in [3.8, 4) is 11.6 Å². The monoisotopic (exact) mass is 490 g/mol. The second-order valence-corrected chi connectivity index (χ2v) is 7.93. The van der Waals surface area contributed by atoms with E-state index in [9.17, 15) is 5.11 Å². The molecular weight excluding hydrogens is 471 g/mol. The number of rotatable bonds is 6. The topological polar surface area (TPSA) is 54.4 Å². The third-order valence-corrected chi connectivity index (χ3v) is 5.82. The van der Waals surface area contributed by atoms with E-state index in [1.165, 1.54) is 0 Å². The summed E-state index contributed by atoms with van der Waals surface area (Å²) in [4.78, 5) is 4.54. The van der Waals surface area contributed by atoms with Crippen molar-refractivity contribution in [2.24, 2.45) is 0 Å². The van der Waals surface area contributed by atoms with Crippen LogP contribution in [0.5, 0.6) is 11.6 Å². The van der Waals surface area contributed by atoms with Gasteiger partial charge >= 0.3 is 0 Å². The van der Waals surface area contributed by atoms with Crippen LogP contribution in [-0.4, -0.2) is 22.7 Å². The highest BCUT2D eigenvalue weighted by Crippen LogP contribution is 2.42. The highest BCUT2D eigenvalue weighted by molar-refractivity contribution is 9.11. The standard InChI is InChI=1S/C18H21Br2ClN2O2/c1-5-13(8-24)23-16-14(19)11(4)22-18(15(16)20)25-17-9(2)6-12(21)7-10(17)3/h6-7,13,24H,5,8H2,1-4H3,(H,22,23). The number of nitrogens with one attached hydrogen (secondary N) is 1. The lowest BCUT2D eigenvalue weighted by atomic mass is 10.1. The molecule has 4 nitrogen and oxygen atoms in total. The second kappa shape index (κ2) is 8.71. The summed E-state index contributed by atoms with van der Waals surface area (Å²) in [6, 6.07) is 3.67. The Kier molecular flexibility index (Phi) is 7.14. The zero-order valence-corrected chi connectivity index (χ0v) is 18.5. The molecule has 2 N–H and O–H groups in total. The smallest absolute Gasteiger partial charge is 0.236 e. The zero-order valence-electron chi connectivity index (χ0n) is 14.6. The molecule has 1 unspecified atom stereocenters. The number of halogens is 3.